The number of fused-ring (bicyclic) bond motifs is 2. The Morgan fingerprint density at radius 2 is 1.23 bits per heavy atom. The van der Waals surface area contributed by atoms with Gasteiger partial charge in [0.2, 0.25) is 26.0 Å². The summed E-state index contributed by atoms with van der Waals surface area (Å²) in [4.78, 5) is 15.8. The van der Waals surface area contributed by atoms with Gasteiger partial charge in [0.15, 0.2) is 0 Å². The first-order valence-electron chi connectivity index (χ1n) is 19.2. The third kappa shape index (κ3) is 16.5. The maximum Gasteiger partial charge on any atom is 0.222 e. The Hall–Kier alpha value is -0.790. The molecule has 1 N–H and O–H groups in total. The summed E-state index contributed by atoms with van der Waals surface area (Å²) in [5.41, 5.74) is 0. The third-order valence-electron chi connectivity index (χ3n) is 9.35. The van der Waals surface area contributed by atoms with Crippen molar-refractivity contribution < 1.29 is 21.6 Å². The van der Waals surface area contributed by atoms with Gasteiger partial charge in [0.25, 0.3) is 0 Å². The fourth-order valence-electron chi connectivity index (χ4n) is 7.34. The first-order chi connectivity index (χ1) is 22.5. The smallest absolute Gasteiger partial charge is 0.222 e. The zero-order chi connectivity index (χ0) is 35.9. The summed E-state index contributed by atoms with van der Waals surface area (Å²) in [6.07, 6.45) is 10.8. The van der Waals surface area contributed by atoms with Crippen LogP contribution in [0.15, 0.2) is 0 Å². The standard InChI is InChI=1S/C10H19NO2S.C9H17NO.C9H19N.C8H18N2O2S/c1-8(2)7-14(12,13)11-6-9-3-4-10(11)5-9;1-8(2)7-10-6-4-3-5-9(10)11;1-9(2)8-10-6-4-3-5-7-10;1-8(2)7-13(11,12)10-5-3-9-4-6-10/h8-10H,3-7H2,1-2H3;8H,3-7H2,1-2H3;9H,3-8H2,1-2H3;8-9H,3-7H2,1-2H3. The molecule has 0 aromatic heterocycles. The van der Waals surface area contributed by atoms with Gasteiger partial charge in [-0.15, -0.1) is 0 Å². The minimum atomic E-state index is -2.99. The number of carbonyl (C=O) groups is 1. The van der Waals surface area contributed by atoms with Crippen LogP contribution < -0.4 is 5.32 Å². The molecule has 4 aliphatic heterocycles. The zero-order valence-corrected chi connectivity index (χ0v) is 33.6. The van der Waals surface area contributed by atoms with Crippen LogP contribution in [0.3, 0.4) is 0 Å². The lowest BCUT2D eigenvalue weighted by Gasteiger charge is -2.28. The summed E-state index contributed by atoms with van der Waals surface area (Å²) >= 11 is 0. The lowest BCUT2D eigenvalue weighted by Crippen LogP contribution is -2.47. The minimum Gasteiger partial charge on any atom is -0.342 e. The molecule has 2 unspecified atom stereocenters. The summed E-state index contributed by atoms with van der Waals surface area (Å²) in [6.45, 7) is 26.2. The molecule has 284 valence electrons. The Morgan fingerprint density at radius 1 is 0.667 bits per heavy atom. The Balaban J connectivity index is 0.000000224. The molecular weight excluding hydrogens is 647 g/mol. The SMILES string of the molecule is CC(C)CN1CCCCC1.CC(C)CN1CCCCC1=O.CC(C)CS(=O)(=O)N1CC2CCC1C2.CC(C)CS(=O)(=O)N1CCNCC1. The Morgan fingerprint density at radius 3 is 1.71 bits per heavy atom. The molecule has 0 aromatic carbocycles. The molecule has 2 bridgehead atoms. The number of carbonyl (C=O) groups excluding carboxylic acids is 1. The molecule has 4 saturated heterocycles. The van der Waals surface area contributed by atoms with Gasteiger partial charge in [-0.3, -0.25) is 4.79 Å². The average molecular weight is 720 g/mol. The largest absolute Gasteiger partial charge is 0.342 e. The van der Waals surface area contributed by atoms with Crippen LogP contribution in [-0.2, 0) is 24.8 Å². The van der Waals surface area contributed by atoms with E-state index in [0.29, 0.717) is 42.6 Å². The maximum atomic E-state index is 12.0. The highest BCUT2D eigenvalue weighted by Crippen LogP contribution is 2.39. The fraction of sp³-hybridized carbons (Fsp3) is 0.972. The number of sulfonamides is 2. The van der Waals surface area contributed by atoms with Crippen LogP contribution in [0.2, 0.25) is 0 Å². The first kappa shape index (κ1) is 43.4. The monoisotopic (exact) mass is 720 g/mol. The summed E-state index contributed by atoms with van der Waals surface area (Å²) in [6, 6.07) is 0.337. The normalized spacial score (nSPS) is 24.3. The summed E-state index contributed by atoms with van der Waals surface area (Å²) in [5.74, 6) is 3.49. The van der Waals surface area contributed by atoms with Crippen molar-refractivity contribution in [3.8, 4) is 0 Å². The summed E-state index contributed by atoms with van der Waals surface area (Å²) in [7, 11) is -5.95. The number of likely N-dealkylation sites (tertiary alicyclic amines) is 2. The van der Waals surface area contributed by atoms with Gasteiger partial charge in [0, 0.05) is 64.8 Å². The van der Waals surface area contributed by atoms with Crippen LogP contribution in [0, 0.1) is 29.6 Å². The van der Waals surface area contributed by atoms with Crippen molar-refractivity contribution in [2.24, 2.45) is 29.6 Å². The second-order valence-electron chi connectivity index (χ2n) is 16.3. The highest BCUT2D eigenvalue weighted by atomic mass is 32.2. The highest BCUT2D eigenvalue weighted by Gasteiger charge is 2.43. The highest BCUT2D eigenvalue weighted by molar-refractivity contribution is 7.89. The van der Waals surface area contributed by atoms with E-state index in [9.17, 15) is 21.6 Å². The lowest BCUT2D eigenvalue weighted by molar-refractivity contribution is -0.133. The Bertz CT molecular complexity index is 1120. The quantitative estimate of drug-likeness (QED) is 0.334. The molecule has 10 nitrogen and oxygen atoms in total. The average Bonchev–Trinajstić information content (AvgIpc) is 3.64. The molecular formula is C36H73N5O5S2. The number of nitrogens with one attached hydrogen (secondary N) is 1. The molecule has 48 heavy (non-hydrogen) atoms. The second-order valence-corrected chi connectivity index (χ2v) is 20.3. The van der Waals surface area contributed by atoms with Crippen molar-refractivity contribution in [1.82, 2.24) is 23.7 Å². The van der Waals surface area contributed by atoms with Gasteiger partial charge in [0.05, 0.1) is 11.5 Å². The van der Waals surface area contributed by atoms with Crippen LogP contribution in [0.4, 0.5) is 0 Å². The van der Waals surface area contributed by atoms with Crippen LogP contribution in [0.5, 0.6) is 0 Å². The van der Waals surface area contributed by atoms with Crippen molar-refractivity contribution >= 4 is 26.0 Å². The van der Waals surface area contributed by atoms with Crippen molar-refractivity contribution in [3.05, 3.63) is 0 Å². The van der Waals surface area contributed by atoms with Gasteiger partial charge in [-0.2, -0.15) is 8.61 Å². The Labute approximate surface area is 296 Å². The molecule has 1 amide bonds. The molecule has 1 saturated carbocycles. The number of amides is 1. The molecule has 4 heterocycles. The van der Waals surface area contributed by atoms with Gasteiger partial charge >= 0.3 is 0 Å². The van der Waals surface area contributed by atoms with E-state index >= 15 is 0 Å². The summed E-state index contributed by atoms with van der Waals surface area (Å²) < 4.78 is 50.7. The molecule has 0 spiro atoms. The number of hydrogen-bond acceptors (Lipinski definition) is 7. The van der Waals surface area contributed by atoms with Gasteiger partial charge in [-0.1, -0.05) is 61.8 Å². The van der Waals surface area contributed by atoms with Crippen molar-refractivity contribution in [1.29, 1.82) is 0 Å². The van der Waals surface area contributed by atoms with Crippen molar-refractivity contribution in [3.63, 3.8) is 0 Å². The number of piperidine rings is 3. The van der Waals surface area contributed by atoms with E-state index in [-0.39, 0.29) is 17.6 Å². The third-order valence-corrected chi connectivity index (χ3v) is 13.8. The van der Waals surface area contributed by atoms with E-state index in [4.69, 9.17) is 0 Å². The van der Waals surface area contributed by atoms with Crippen LogP contribution in [0.1, 0.15) is 113 Å². The lowest BCUT2D eigenvalue weighted by atomic mass is 10.1. The number of nitrogens with zero attached hydrogens (tertiary/aromatic N) is 4. The first-order valence-corrected chi connectivity index (χ1v) is 22.4. The van der Waals surface area contributed by atoms with Gasteiger partial charge in [-0.25, -0.2) is 16.8 Å². The van der Waals surface area contributed by atoms with Gasteiger partial charge in [-0.05, 0) is 87.6 Å². The van der Waals surface area contributed by atoms with Crippen LogP contribution in [0.25, 0.3) is 0 Å². The van der Waals surface area contributed by atoms with E-state index < -0.39 is 20.0 Å². The maximum absolute atomic E-state index is 12.0. The van der Waals surface area contributed by atoms with Crippen molar-refractivity contribution in [2.75, 3.05) is 77.0 Å². The van der Waals surface area contributed by atoms with Crippen molar-refractivity contribution in [2.45, 2.75) is 119 Å². The molecule has 1 aliphatic carbocycles. The molecule has 12 heteroatoms. The molecule has 0 aromatic rings. The van der Waals surface area contributed by atoms with E-state index in [1.54, 1.807) is 8.61 Å². The molecule has 5 rings (SSSR count). The number of rotatable bonds is 10. The minimum absolute atomic E-state index is 0.208. The Kier molecular flexibility index (Phi) is 19.5. The van der Waals surface area contributed by atoms with Crippen LogP contribution >= 0.6 is 0 Å². The van der Waals surface area contributed by atoms with E-state index in [1.165, 1.54) is 51.7 Å². The fourth-order valence-corrected chi connectivity index (χ4v) is 11.3. The molecule has 5 aliphatic rings. The predicted molar refractivity (Wildman–Crippen MR) is 200 cm³/mol. The molecule has 0 radical (unpaired) electrons. The van der Waals surface area contributed by atoms with Gasteiger partial charge in [0.1, 0.15) is 0 Å². The number of piperazine rings is 1. The molecule has 2 atom stereocenters. The van der Waals surface area contributed by atoms with E-state index in [2.05, 4.69) is 37.9 Å². The van der Waals surface area contributed by atoms with E-state index in [0.717, 1.165) is 64.3 Å². The predicted octanol–water partition coefficient (Wildman–Crippen LogP) is 5.12. The topological polar surface area (TPSA) is 110 Å². The second kappa shape index (κ2) is 21.5. The zero-order valence-electron chi connectivity index (χ0n) is 32.0. The van der Waals surface area contributed by atoms with E-state index in [1.807, 2.05) is 32.6 Å². The number of hydrogen-bond donors (Lipinski definition) is 1. The van der Waals surface area contributed by atoms with Crippen LogP contribution in [-0.4, -0.2) is 124 Å². The summed E-state index contributed by atoms with van der Waals surface area (Å²) in [5, 5.41) is 3.13. The van der Waals surface area contributed by atoms with Gasteiger partial charge < -0.3 is 15.1 Å². The molecule has 5 fully saturated rings.